The maximum Gasteiger partial charge on any atom is 0.310 e. The number of hydrogen-bond acceptors (Lipinski definition) is 5. The molecule has 6 heteroatoms. The standard InChI is InChI=1S/C24H26N2O4/c1-2-29-24(28)19-9-6-14-26(16-19)23(27)18-11-12-21-20(15-18)25-22(30-21)13-10-17-7-4-3-5-8-17/h3-5,7-8,11-12,15,19H,2,6,9-10,13-14,16H2,1H3/t19-/m0/s1. The Morgan fingerprint density at radius 3 is 2.80 bits per heavy atom. The van der Waals surface area contributed by atoms with Gasteiger partial charge in [0.1, 0.15) is 5.52 Å². The van der Waals surface area contributed by atoms with Crippen molar-refractivity contribution in [3.8, 4) is 0 Å². The van der Waals surface area contributed by atoms with Gasteiger partial charge >= 0.3 is 5.97 Å². The Balaban J connectivity index is 1.45. The van der Waals surface area contributed by atoms with Crippen molar-refractivity contribution in [3.05, 3.63) is 65.5 Å². The van der Waals surface area contributed by atoms with Crippen LogP contribution >= 0.6 is 0 Å². The molecule has 0 spiro atoms. The van der Waals surface area contributed by atoms with Crippen LogP contribution in [0.4, 0.5) is 0 Å². The number of oxazole rings is 1. The first-order valence-corrected chi connectivity index (χ1v) is 10.5. The summed E-state index contributed by atoms with van der Waals surface area (Å²) in [6.45, 7) is 3.20. The van der Waals surface area contributed by atoms with E-state index >= 15 is 0 Å². The molecule has 30 heavy (non-hydrogen) atoms. The number of benzene rings is 2. The van der Waals surface area contributed by atoms with Gasteiger partial charge in [-0.2, -0.15) is 0 Å². The molecule has 1 amide bonds. The summed E-state index contributed by atoms with van der Waals surface area (Å²) >= 11 is 0. The van der Waals surface area contributed by atoms with Crippen molar-refractivity contribution in [1.29, 1.82) is 0 Å². The Morgan fingerprint density at radius 2 is 2.00 bits per heavy atom. The molecule has 0 unspecified atom stereocenters. The van der Waals surface area contributed by atoms with E-state index in [4.69, 9.17) is 9.15 Å². The van der Waals surface area contributed by atoms with Crippen LogP contribution in [-0.2, 0) is 22.4 Å². The molecule has 1 aliphatic rings. The van der Waals surface area contributed by atoms with E-state index in [0.717, 1.165) is 19.3 Å². The van der Waals surface area contributed by atoms with Gasteiger partial charge in [0.15, 0.2) is 11.5 Å². The Labute approximate surface area is 175 Å². The lowest BCUT2D eigenvalue weighted by Gasteiger charge is -2.31. The van der Waals surface area contributed by atoms with E-state index in [1.165, 1.54) is 5.56 Å². The third-order valence-corrected chi connectivity index (χ3v) is 5.48. The van der Waals surface area contributed by atoms with Crippen LogP contribution < -0.4 is 0 Å². The predicted molar refractivity (Wildman–Crippen MR) is 113 cm³/mol. The van der Waals surface area contributed by atoms with Crippen molar-refractivity contribution in [3.63, 3.8) is 0 Å². The number of fused-ring (bicyclic) bond motifs is 1. The summed E-state index contributed by atoms with van der Waals surface area (Å²) in [5.74, 6) is 0.117. The van der Waals surface area contributed by atoms with Crippen molar-refractivity contribution in [2.75, 3.05) is 19.7 Å². The van der Waals surface area contributed by atoms with Crippen molar-refractivity contribution < 1.29 is 18.7 Å². The maximum absolute atomic E-state index is 13.0. The number of piperidine rings is 1. The molecule has 0 bridgehead atoms. The molecule has 1 aromatic heterocycles. The van der Waals surface area contributed by atoms with Crippen molar-refractivity contribution in [2.24, 2.45) is 5.92 Å². The quantitative estimate of drug-likeness (QED) is 0.578. The number of aromatic nitrogens is 1. The number of esters is 1. The molecule has 0 N–H and O–H groups in total. The molecule has 1 atom stereocenters. The van der Waals surface area contributed by atoms with E-state index < -0.39 is 0 Å². The summed E-state index contributed by atoms with van der Waals surface area (Å²) in [5.41, 5.74) is 3.16. The van der Waals surface area contributed by atoms with Gasteiger partial charge in [-0.3, -0.25) is 9.59 Å². The smallest absolute Gasteiger partial charge is 0.310 e. The van der Waals surface area contributed by atoms with Gasteiger partial charge in [-0.25, -0.2) is 4.98 Å². The first kappa shape index (κ1) is 20.1. The van der Waals surface area contributed by atoms with Gasteiger partial charge in [0, 0.05) is 25.1 Å². The molecule has 0 saturated carbocycles. The summed E-state index contributed by atoms with van der Waals surface area (Å²) in [4.78, 5) is 31.4. The van der Waals surface area contributed by atoms with Gasteiger partial charge in [-0.1, -0.05) is 30.3 Å². The topological polar surface area (TPSA) is 72.6 Å². The third-order valence-electron chi connectivity index (χ3n) is 5.48. The van der Waals surface area contributed by atoms with Crippen molar-refractivity contribution >= 4 is 23.0 Å². The number of likely N-dealkylation sites (tertiary alicyclic amines) is 1. The summed E-state index contributed by atoms with van der Waals surface area (Å²) < 4.78 is 11.0. The molecule has 0 radical (unpaired) electrons. The van der Waals surface area contributed by atoms with Gasteiger partial charge in [0.25, 0.3) is 5.91 Å². The van der Waals surface area contributed by atoms with Crippen LogP contribution in [0.3, 0.4) is 0 Å². The van der Waals surface area contributed by atoms with Crippen LogP contribution in [-0.4, -0.2) is 41.5 Å². The maximum atomic E-state index is 13.0. The Bertz CT molecular complexity index is 1030. The average molecular weight is 406 g/mol. The van der Waals surface area contributed by atoms with E-state index in [9.17, 15) is 9.59 Å². The fourth-order valence-corrected chi connectivity index (χ4v) is 3.91. The lowest BCUT2D eigenvalue weighted by atomic mass is 9.97. The first-order valence-electron chi connectivity index (χ1n) is 10.5. The highest BCUT2D eigenvalue weighted by atomic mass is 16.5. The Hall–Kier alpha value is -3.15. The van der Waals surface area contributed by atoms with Gasteiger partial charge in [0.2, 0.25) is 0 Å². The minimum absolute atomic E-state index is 0.0836. The van der Waals surface area contributed by atoms with Crippen molar-refractivity contribution in [2.45, 2.75) is 32.6 Å². The minimum atomic E-state index is -0.247. The highest BCUT2D eigenvalue weighted by Gasteiger charge is 2.30. The normalized spacial score (nSPS) is 16.6. The summed E-state index contributed by atoms with van der Waals surface area (Å²) in [6, 6.07) is 15.6. The van der Waals surface area contributed by atoms with Crippen LogP contribution in [0.1, 0.15) is 41.6 Å². The number of ether oxygens (including phenoxy) is 1. The zero-order valence-corrected chi connectivity index (χ0v) is 17.2. The Morgan fingerprint density at radius 1 is 1.17 bits per heavy atom. The second-order valence-corrected chi connectivity index (χ2v) is 7.62. The SMILES string of the molecule is CCOC(=O)[C@H]1CCCN(C(=O)c2ccc3oc(CCc4ccccc4)nc3c2)C1. The molecule has 3 aromatic rings. The van der Waals surface area contributed by atoms with E-state index in [-0.39, 0.29) is 17.8 Å². The zero-order chi connectivity index (χ0) is 20.9. The monoisotopic (exact) mass is 406 g/mol. The van der Waals surface area contributed by atoms with Crippen molar-refractivity contribution in [1.82, 2.24) is 9.88 Å². The van der Waals surface area contributed by atoms with E-state index in [1.807, 2.05) is 18.2 Å². The predicted octanol–water partition coefficient (Wildman–Crippen LogP) is 4.03. The van der Waals surface area contributed by atoms with E-state index in [2.05, 4.69) is 17.1 Å². The number of nitrogens with zero attached hydrogens (tertiary/aromatic N) is 2. The third kappa shape index (κ3) is 4.53. The van der Waals surface area contributed by atoms with Gasteiger partial charge in [-0.15, -0.1) is 0 Å². The zero-order valence-electron chi connectivity index (χ0n) is 17.2. The molecule has 2 aromatic carbocycles. The molecule has 4 rings (SSSR count). The molecular weight excluding hydrogens is 380 g/mol. The van der Waals surface area contributed by atoms with Crippen LogP contribution in [0.25, 0.3) is 11.1 Å². The van der Waals surface area contributed by atoms with E-state index in [0.29, 0.717) is 48.7 Å². The van der Waals surface area contributed by atoms with Crippen LogP contribution in [0, 0.1) is 5.92 Å². The number of amides is 1. The highest BCUT2D eigenvalue weighted by Crippen LogP contribution is 2.23. The second kappa shape index (κ2) is 9.11. The number of hydrogen-bond donors (Lipinski definition) is 0. The molecule has 2 heterocycles. The van der Waals surface area contributed by atoms with Crippen LogP contribution in [0.15, 0.2) is 52.9 Å². The number of carbonyl (C=O) groups is 2. The molecule has 1 aliphatic heterocycles. The summed E-state index contributed by atoms with van der Waals surface area (Å²) in [6.07, 6.45) is 3.11. The number of rotatable bonds is 6. The van der Waals surface area contributed by atoms with Crippen LogP contribution in [0.5, 0.6) is 0 Å². The number of carbonyl (C=O) groups excluding carboxylic acids is 2. The summed E-state index contributed by atoms with van der Waals surface area (Å²) in [7, 11) is 0. The van der Waals surface area contributed by atoms with Gasteiger partial charge in [0.05, 0.1) is 12.5 Å². The van der Waals surface area contributed by atoms with Gasteiger partial charge < -0.3 is 14.1 Å². The van der Waals surface area contributed by atoms with Gasteiger partial charge in [-0.05, 0) is 49.9 Å². The average Bonchev–Trinajstić information content (AvgIpc) is 3.20. The molecule has 1 saturated heterocycles. The lowest BCUT2D eigenvalue weighted by molar-refractivity contribution is -0.149. The van der Waals surface area contributed by atoms with Crippen LogP contribution in [0.2, 0.25) is 0 Å². The number of aryl methyl sites for hydroxylation is 2. The largest absolute Gasteiger partial charge is 0.466 e. The molecule has 156 valence electrons. The fourth-order valence-electron chi connectivity index (χ4n) is 3.91. The lowest BCUT2D eigenvalue weighted by Crippen LogP contribution is -2.42. The molecule has 1 fully saturated rings. The minimum Gasteiger partial charge on any atom is -0.466 e. The second-order valence-electron chi connectivity index (χ2n) is 7.62. The fraction of sp³-hybridized carbons (Fsp3) is 0.375. The first-order chi connectivity index (χ1) is 14.6. The highest BCUT2D eigenvalue weighted by molar-refractivity contribution is 5.97. The Kier molecular flexibility index (Phi) is 6.12. The molecular formula is C24H26N2O4. The molecule has 0 aliphatic carbocycles. The summed E-state index contributed by atoms with van der Waals surface area (Å²) in [5, 5.41) is 0. The molecule has 6 nitrogen and oxygen atoms in total. The van der Waals surface area contributed by atoms with E-state index in [1.54, 1.807) is 30.0 Å².